The largest absolute Gasteiger partial charge is 0.420 e. The van der Waals surface area contributed by atoms with Crippen LogP contribution in [0.15, 0.2) is 55.1 Å². The molecule has 1 unspecified atom stereocenters. The predicted molar refractivity (Wildman–Crippen MR) is 130 cm³/mol. The molecule has 0 spiro atoms. The number of benzene rings is 2. The van der Waals surface area contributed by atoms with Gasteiger partial charge in [-0.2, -0.15) is 5.26 Å². The molecule has 0 N–H and O–H groups in total. The number of ether oxygens (including phenoxy) is 1. The number of unbranched alkanes of at least 4 members (excludes halogenated alkanes) is 2. The molecule has 0 aliphatic heterocycles. The summed E-state index contributed by atoms with van der Waals surface area (Å²) in [7, 11) is 0. The number of halogens is 1. The van der Waals surface area contributed by atoms with Crippen molar-refractivity contribution in [3.05, 3.63) is 77.6 Å². The summed E-state index contributed by atoms with van der Waals surface area (Å²) in [5.74, 6) is 0.393. The van der Waals surface area contributed by atoms with Crippen LogP contribution >= 0.6 is 0 Å². The van der Waals surface area contributed by atoms with Crippen LogP contribution in [-0.2, 0) is 0 Å². The van der Waals surface area contributed by atoms with Gasteiger partial charge in [0.25, 0.3) is 0 Å². The van der Waals surface area contributed by atoms with Gasteiger partial charge in [0, 0.05) is 0 Å². The minimum Gasteiger partial charge on any atom is -0.420 e. The maximum absolute atomic E-state index is 14.1. The summed E-state index contributed by atoms with van der Waals surface area (Å²) < 4.78 is 19.3. The minimum absolute atomic E-state index is 0.177. The standard InChI is InChI=1S/C29H34FNO2/c1-3-5-6-8-21-9-12-23(13-10-21)26(7-4-2)24-14-16-25(17-15-24)29(32)33-28-18-11-22(20-31)19-27(28)30/h4,11,14-19,21,23,26H,2-3,5-10,12-13H2,1H3. The fraction of sp³-hybridized carbons (Fsp3) is 0.448. The Morgan fingerprint density at radius 1 is 1.18 bits per heavy atom. The molecule has 1 aliphatic rings. The first-order chi connectivity index (χ1) is 16.0. The summed E-state index contributed by atoms with van der Waals surface area (Å²) in [6.45, 7) is 6.23. The number of esters is 1. The van der Waals surface area contributed by atoms with Gasteiger partial charge in [-0.05, 0) is 72.9 Å². The Balaban J connectivity index is 1.62. The van der Waals surface area contributed by atoms with E-state index in [4.69, 9.17) is 10.00 Å². The smallest absolute Gasteiger partial charge is 0.343 e. The van der Waals surface area contributed by atoms with Crippen molar-refractivity contribution in [2.24, 2.45) is 11.8 Å². The highest BCUT2D eigenvalue weighted by Crippen LogP contribution is 2.41. The molecule has 1 saturated carbocycles. The van der Waals surface area contributed by atoms with E-state index in [1.807, 2.05) is 24.3 Å². The summed E-state index contributed by atoms with van der Waals surface area (Å²) in [5.41, 5.74) is 1.77. The van der Waals surface area contributed by atoms with E-state index in [9.17, 15) is 9.18 Å². The van der Waals surface area contributed by atoms with Gasteiger partial charge in [-0.15, -0.1) is 6.58 Å². The molecule has 2 aromatic carbocycles. The van der Waals surface area contributed by atoms with Crippen LogP contribution < -0.4 is 4.74 Å². The third-order valence-corrected chi connectivity index (χ3v) is 6.94. The Morgan fingerprint density at radius 3 is 2.52 bits per heavy atom. The highest BCUT2D eigenvalue weighted by molar-refractivity contribution is 5.91. The average Bonchev–Trinajstić information content (AvgIpc) is 2.84. The summed E-state index contributed by atoms with van der Waals surface area (Å²) in [5, 5.41) is 8.84. The van der Waals surface area contributed by atoms with Crippen molar-refractivity contribution in [3.8, 4) is 11.8 Å². The second-order valence-corrected chi connectivity index (χ2v) is 9.18. The van der Waals surface area contributed by atoms with Crippen LogP contribution in [0.4, 0.5) is 4.39 Å². The van der Waals surface area contributed by atoms with Crippen LogP contribution in [0.1, 0.15) is 92.1 Å². The maximum atomic E-state index is 14.1. The van der Waals surface area contributed by atoms with Crippen LogP contribution in [0, 0.1) is 29.0 Å². The molecule has 1 atom stereocenters. The van der Waals surface area contributed by atoms with Gasteiger partial charge in [-0.1, -0.05) is 63.7 Å². The number of hydrogen-bond donors (Lipinski definition) is 0. The number of carbonyl (C=O) groups is 1. The van der Waals surface area contributed by atoms with Gasteiger partial charge in [-0.3, -0.25) is 0 Å². The number of hydrogen-bond acceptors (Lipinski definition) is 3. The molecule has 174 valence electrons. The summed E-state index contributed by atoms with van der Waals surface area (Å²) in [6.07, 6.45) is 13.4. The van der Waals surface area contributed by atoms with Gasteiger partial charge in [-0.25, -0.2) is 9.18 Å². The van der Waals surface area contributed by atoms with Gasteiger partial charge >= 0.3 is 5.97 Å². The minimum atomic E-state index is -0.727. The fourth-order valence-corrected chi connectivity index (χ4v) is 5.02. The molecular formula is C29H34FNO2. The fourth-order valence-electron chi connectivity index (χ4n) is 5.02. The Kier molecular flexibility index (Phi) is 9.24. The number of nitriles is 1. The third-order valence-electron chi connectivity index (χ3n) is 6.94. The van der Waals surface area contributed by atoms with Gasteiger partial charge in [0.2, 0.25) is 0 Å². The molecule has 1 fully saturated rings. The Hall–Kier alpha value is -2.93. The lowest BCUT2D eigenvalue weighted by Crippen LogP contribution is -2.21. The van der Waals surface area contributed by atoms with Crippen LogP contribution in [-0.4, -0.2) is 5.97 Å². The lowest BCUT2D eigenvalue weighted by atomic mass is 9.71. The second-order valence-electron chi connectivity index (χ2n) is 9.18. The van der Waals surface area contributed by atoms with E-state index in [1.54, 1.807) is 12.1 Å². The van der Waals surface area contributed by atoms with Crippen LogP contribution in [0.5, 0.6) is 5.75 Å². The molecule has 2 aromatic rings. The third kappa shape index (κ3) is 6.78. The van der Waals surface area contributed by atoms with Crippen LogP contribution in [0.3, 0.4) is 0 Å². The van der Waals surface area contributed by atoms with Crippen molar-refractivity contribution in [1.29, 1.82) is 5.26 Å². The molecule has 3 nitrogen and oxygen atoms in total. The average molecular weight is 448 g/mol. The molecule has 0 bridgehead atoms. The normalized spacial score (nSPS) is 18.8. The van der Waals surface area contributed by atoms with Gasteiger partial charge in [0.15, 0.2) is 11.6 Å². The number of rotatable bonds is 10. The van der Waals surface area contributed by atoms with E-state index >= 15 is 0 Å². The van der Waals surface area contributed by atoms with Gasteiger partial charge in [0.05, 0.1) is 17.2 Å². The summed E-state index contributed by atoms with van der Waals surface area (Å²) in [6, 6.07) is 13.1. The number of nitrogens with zero attached hydrogens (tertiary/aromatic N) is 1. The predicted octanol–water partition coefficient (Wildman–Crippen LogP) is 7.96. The van der Waals surface area contributed by atoms with Crippen LogP contribution in [0.25, 0.3) is 0 Å². The van der Waals surface area contributed by atoms with E-state index in [0.29, 0.717) is 17.4 Å². The van der Waals surface area contributed by atoms with Gasteiger partial charge in [0.1, 0.15) is 0 Å². The zero-order chi connectivity index (χ0) is 23.6. The number of allylic oxidation sites excluding steroid dienone is 1. The quantitative estimate of drug-likeness (QED) is 0.161. The molecule has 1 aliphatic carbocycles. The first kappa shape index (κ1) is 24.7. The molecule has 0 heterocycles. The monoisotopic (exact) mass is 447 g/mol. The zero-order valence-corrected chi connectivity index (χ0v) is 19.6. The molecule has 0 amide bonds. The van der Waals surface area contributed by atoms with Crippen molar-refractivity contribution in [2.75, 3.05) is 0 Å². The van der Waals surface area contributed by atoms with Crippen molar-refractivity contribution in [2.45, 2.75) is 70.6 Å². The van der Waals surface area contributed by atoms with Crippen molar-refractivity contribution >= 4 is 5.97 Å². The highest BCUT2D eigenvalue weighted by Gasteiger charge is 2.28. The highest BCUT2D eigenvalue weighted by atomic mass is 19.1. The molecule has 0 radical (unpaired) electrons. The lowest BCUT2D eigenvalue weighted by molar-refractivity contribution is 0.0728. The van der Waals surface area contributed by atoms with Gasteiger partial charge < -0.3 is 4.74 Å². The Labute approximate surface area is 197 Å². The number of carbonyl (C=O) groups excluding carboxylic acids is 1. The molecule has 0 aromatic heterocycles. The Bertz CT molecular complexity index is 968. The SMILES string of the molecule is C=CCC(c1ccc(C(=O)Oc2ccc(C#N)cc2F)cc1)C1CCC(CCCCC)CC1. The molecule has 33 heavy (non-hydrogen) atoms. The van der Waals surface area contributed by atoms with E-state index in [1.165, 1.54) is 69.1 Å². The maximum Gasteiger partial charge on any atom is 0.343 e. The van der Waals surface area contributed by atoms with E-state index in [-0.39, 0.29) is 11.3 Å². The molecule has 0 saturated heterocycles. The van der Waals surface area contributed by atoms with E-state index in [0.717, 1.165) is 18.4 Å². The molecule has 4 heteroatoms. The van der Waals surface area contributed by atoms with Crippen molar-refractivity contribution in [1.82, 2.24) is 0 Å². The zero-order valence-electron chi connectivity index (χ0n) is 19.6. The molecular weight excluding hydrogens is 413 g/mol. The summed E-state index contributed by atoms with van der Waals surface area (Å²) in [4.78, 5) is 12.5. The first-order valence-corrected chi connectivity index (χ1v) is 12.2. The summed E-state index contributed by atoms with van der Waals surface area (Å²) >= 11 is 0. The molecule has 3 rings (SSSR count). The van der Waals surface area contributed by atoms with E-state index < -0.39 is 11.8 Å². The second kappa shape index (κ2) is 12.3. The van der Waals surface area contributed by atoms with Crippen molar-refractivity contribution < 1.29 is 13.9 Å². The Morgan fingerprint density at radius 2 is 1.91 bits per heavy atom. The van der Waals surface area contributed by atoms with Crippen molar-refractivity contribution in [3.63, 3.8) is 0 Å². The van der Waals surface area contributed by atoms with Crippen LogP contribution in [0.2, 0.25) is 0 Å². The first-order valence-electron chi connectivity index (χ1n) is 12.2. The van der Waals surface area contributed by atoms with E-state index in [2.05, 4.69) is 13.5 Å². The lowest BCUT2D eigenvalue weighted by Gasteiger charge is -2.34. The topological polar surface area (TPSA) is 50.1 Å².